The van der Waals surface area contributed by atoms with E-state index in [1.165, 1.54) is 0 Å². The zero-order valence-electron chi connectivity index (χ0n) is 11.5. The highest BCUT2D eigenvalue weighted by atomic mass is 16.2. The van der Waals surface area contributed by atoms with Gasteiger partial charge in [-0.3, -0.25) is 9.78 Å². The molecular weight excluding hydrogens is 262 g/mol. The molecule has 1 amide bonds. The minimum atomic E-state index is 0.0811. The smallest absolute Gasteiger partial charge is 0.256 e. The Kier molecular flexibility index (Phi) is 2.74. The van der Waals surface area contributed by atoms with Crippen LogP contribution in [0.25, 0.3) is 10.9 Å². The number of amides is 1. The van der Waals surface area contributed by atoms with Crippen molar-refractivity contribution in [2.24, 2.45) is 0 Å². The summed E-state index contributed by atoms with van der Waals surface area (Å²) in [5.41, 5.74) is 3.92. The van der Waals surface area contributed by atoms with E-state index < -0.39 is 0 Å². The molecule has 4 rings (SSSR count). The normalized spacial score (nSPS) is 14.2. The lowest BCUT2D eigenvalue weighted by Gasteiger charge is -2.28. The largest absolute Gasteiger partial charge is 0.361 e. The van der Waals surface area contributed by atoms with Crippen LogP contribution in [0.5, 0.6) is 0 Å². The first kappa shape index (κ1) is 12.1. The van der Waals surface area contributed by atoms with Gasteiger partial charge < -0.3 is 9.88 Å². The average Bonchev–Trinajstić information content (AvgIpc) is 3.02. The summed E-state index contributed by atoms with van der Waals surface area (Å²) >= 11 is 0. The number of nitrogens with zero attached hydrogens (tertiary/aromatic N) is 2. The van der Waals surface area contributed by atoms with Crippen LogP contribution in [0.3, 0.4) is 0 Å². The van der Waals surface area contributed by atoms with Gasteiger partial charge in [-0.2, -0.15) is 0 Å². The van der Waals surface area contributed by atoms with Gasteiger partial charge in [-0.25, -0.2) is 0 Å². The number of carbonyl (C=O) groups is 1. The SMILES string of the molecule is O=C(c1cccc2cc[nH]c12)N1CCc2ncccc2C1. The number of H-pyrrole nitrogens is 1. The molecule has 0 aliphatic carbocycles. The number of aromatic nitrogens is 2. The molecule has 0 atom stereocenters. The number of rotatable bonds is 1. The molecule has 4 nitrogen and oxygen atoms in total. The molecule has 2 aromatic heterocycles. The molecule has 104 valence electrons. The minimum absolute atomic E-state index is 0.0811. The summed E-state index contributed by atoms with van der Waals surface area (Å²) < 4.78 is 0. The van der Waals surface area contributed by atoms with E-state index in [4.69, 9.17) is 0 Å². The second-order valence-corrected chi connectivity index (χ2v) is 5.33. The van der Waals surface area contributed by atoms with E-state index in [1.807, 2.05) is 47.6 Å². The van der Waals surface area contributed by atoms with Crippen LogP contribution >= 0.6 is 0 Å². The van der Waals surface area contributed by atoms with Gasteiger partial charge in [0.1, 0.15) is 0 Å². The van der Waals surface area contributed by atoms with Gasteiger partial charge in [0.05, 0.1) is 11.1 Å². The van der Waals surface area contributed by atoms with Crippen LogP contribution in [0.2, 0.25) is 0 Å². The first-order valence-electron chi connectivity index (χ1n) is 7.11. The summed E-state index contributed by atoms with van der Waals surface area (Å²) in [4.78, 5) is 22.3. The Labute approximate surface area is 122 Å². The lowest BCUT2D eigenvalue weighted by atomic mass is 10.0. The molecule has 3 aromatic rings. The van der Waals surface area contributed by atoms with Crippen molar-refractivity contribution in [2.75, 3.05) is 6.54 Å². The van der Waals surface area contributed by atoms with E-state index in [9.17, 15) is 4.79 Å². The van der Waals surface area contributed by atoms with Gasteiger partial charge in [-0.1, -0.05) is 18.2 Å². The van der Waals surface area contributed by atoms with Crippen molar-refractivity contribution in [1.82, 2.24) is 14.9 Å². The van der Waals surface area contributed by atoms with Crippen molar-refractivity contribution >= 4 is 16.8 Å². The van der Waals surface area contributed by atoms with Crippen molar-refractivity contribution in [3.63, 3.8) is 0 Å². The molecule has 1 aromatic carbocycles. The monoisotopic (exact) mass is 277 g/mol. The molecule has 0 radical (unpaired) electrons. The Morgan fingerprint density at radius 3 is 3.10 bits per heavy atom. The van der Waals surface area contributed by atoms with Gasteiger partial charge in [0.25, 0.3) is 5.91 Å². The number of hydrogen-bond donors (Lipinski definition) is 1. The number of nitrogens with one attached hydrogen (secondary N) is 1. The lowest BCUT2D eigenvalue weighted by Crippen LogP contribution is -2.36. The number of aromatic amines is 1. The first-order chi connectivity index (χ1) is 10.3. The van der Waals surface area contributed by atoms with Gasteiger partial charge in [-0.15, -0.1) is 0 Å². The molecule has 0 spiro atoms. The van der Waals surface area contributed by atoms with Gasteiger partial charge in [0.15, 0.2) is 0 Å². The van der Waals surface area contributed by atoms with Gasteiger partial charge in [0, 0.05) is 43.0 Å². The van der Waals surface area contributed by atoms with E-state index in [-0.39, 0.29) is 5.91 Å². The zero-order valence-corrected chi connectivity index (χ0v) is 11.5. The Morgan fingerprint density at radius 1 is 1.19 bits per heavy atom. The van der Waals surface area contributed by atoms with Crippen LogP contribution in [-0.2, 0) is 13.0 Å². The van der Waals surface area contributed by atoms with Crippen LogP contribution in [0.4, 0.5) is 0 Å². The maximum Gasteiger partial charge on any atom is 0.256 e. The van der Waals surface area contributed by atoms with E-state index in [0.717, 1.165) is 40.7 Å². The van der Waals surface area contributed by atoms with Crippen LogP contribution < -0.4 is 0 Å². The number of carbonyl (C=O) groups excluding carboxylic acids is 1. The summed E-state index contributed by atoms with van der Waals surface area (Å²) in [6, 6.07) is 11.8. The van der Waals surface area contributed by atoms with Crippen LogP contribution in [0.1, 0.15) is 21.6 Å². The Morgan fingerprint density at radius 2 is 2.14 bits per heavy atom. The maximum absolute atomic E-state index is 12.8. The quantitative estimate of drug-likeness (QED) is 0.743. The topological polar surface area (TPSA) is 49.0 Å². The average molecular weight is 277 g/mol. The van der Waals surface area contributed by atoms with Gasteiger partial charge >= 0.3 is 0 Å². The maximum atomic E-state index is 12.8. The highest BCUT2D eigenvalue weighted by Crippen LogP contribution is 2.22. The lowest BCUT2D eigenvalue weighted by molar-refractivity contribution is 0.0735. The molecule has 0 unspecified atom stereocenters. The van der Waals surface area contributed by atoms with E-state index in [1.54, 1.807) is 0 Å². The predicted molar refractivity (Wildman–Crippen MR) is 81.0 cm³/mol. The summed E-state index contributed by atoms with van der Waals surface area (Å²) in [6.07, 6.45) is 4.51. The van der Waals surface area contributed by atoms with E-state index in [0.29, 0.717) is 6.54 Å². The highest BCUT2D eigenvalue weighted by Gasteiger charge is 2.23. The van der Waals surface area contributed by atoms with Crippen LogP contribution in [0, 0.1) is 0 Å². The standard InChI is InChI=1S/C17H15N3O/c21-17(14-5-1-3-12-6-9-19-16(12)14)20-10-7-15-13(11-20)4-2-8-18-15/h1-6,8-9,19H,7,10-11H2. The molecule has 0 fully saturated rings. The summed E-state index contributed by atoms with van der Waals surface area (Å²) in [5, 5.41) is 1.07. The molecule has 1 aliphatic rings. The van der Waals surface area contributed by atoms with E-state index >= 15 is 0 Å². The van der Waals surface area contributed by atoms with Crippen LogP contribution in [-0.4, -0.2) is 27.3 Å². The molecule has 0 bridgehead atoms. The Hall–Kier alpha value is -2.62. The second-order valence-electron chi connectivity index (χ2n) is 5.33. The number of pyridine rings is 1. The second kappa shape index (κ2) is 4.74. The fourth-order valence-corrected chi connectivity index (χ4v) is 2.97. The summed E-state index contributed by atoms with van der Waals surface area (Å²) in [7, 11) is 0. The van der Waals surface area contributed by atoms with Crippen molar-refractivity contribution in [3.05, 3.63) is 65.6 Å². The minimum Gasteiger partial charge on any atom is -0.361 e. The summed E-state index contributed by atoms with van der Waals surface area (Å²) in [5.74, 6) is 0.0811. The number of fused-ring (bicyclic) bond motifs is 2. The van der Waals surface area contributed by atoms with E-state index in [2.05, 4.69) is 16.0 Å². The van der Waals surface area contributed by atoms with Gasteiger partial charge in [0.2, 0.25) is 0 Å². The highest BCUT2D eigenvalue weighted by molar-refractivity contribution is 6.05. The fourth-order valence-electron chi connectivity index (χ4n) is 2.97. The third-order valence-electron chi connectivity index (χ3n) is 4.07. The summed E-state index contributed by atoms with van der Waals surface area (Å²) in [6.45, 7) is 1.36. The fraction of sp³-hybridized carbons (Fsp3) is 0.176. The Balaban J connectivity index is 1.69. The number of para-hydroxylation sites is 1. The molecule has 0 saturated heterocycles. The molecule has 21 heavy (non-hydrogen) atoms. The molecule has 4 heteroatoms. The molecule has 1 aliphatic heterocycles. The number of hydrogen-bond acceptors (Lipinski definition) is 2. The zero-order chi connectivity index (χ0) is 14.2. The third kappa shape index (κ3) is 2.00. The molecule has 0 saturated carbocycles. The third-order valence-corrected chi connectivity index (χ3v) is 4.07. The molecular formula is C17H15N3O. The van der Waals surface area contributed by atoms with Crippen molar-refractivity contribution < 1.29 is 4.79 Å². The number of benzene rings is 1. The van der Waals surface area contributed by atoms with Gasteiger partial charge in [-0.05, 0) is 23.8 Å². The molecule has 3 heterocycles. The Bertz CT molecular complexity index is 822. The van der Waals surface area contributed by atoms with Crippen molar-refractivity contribution in [2.45, 2.75) is 13.0 Å². The first-order valence-corrected chi connectivity index (χ1v) is 7.11. The van der Waals surface area contributed by atoms with Crippen molar-refractivity contribution in [1.29, 1.82) is 0 Å². The van der Waals surface area contributed by atoms with Crippen molar-refractivity contribution in [3.8, 4) is 0 Å². The predicted octanol–water partition coefficient (Wildman–Crippen LogP) is 2.76. The van der Waals surface area contributed by atoms with Crippen LogP contribution in [0.15, 0.2) is 48.8 Å². The molecule has 1 N–H and O–H groups in total.